The van der Waals surface area contributed by atoms with Gasteiger partial charge in [0, 0.05) is 5.56 Å². The van der Waals surface area contributed by atoms with Crippen molar-refractivity contribution in [2.24, 2.45) is 0 Å². The molecule has 1 unspecified atom stereocenters. The predicted octanol–water partition coefficient (Wildman–Crippen LogP) is 2.05. The molecule has 1 atom stereocenters. The van der Waals surface area contributed by atoms with E-state index in [0.29, 0.717) is 12.4 Å². The Morgan fingerprint density at radius 1 is 1.47 bits per heavy atom. The molecule has 0 saturated carbocycles. The van der Waals surface area contributed by atoms with Crippen molar-refractivity contribution in [2.45, 2.75) is 33.2 Å². The van der Waals surface area contributed by atoms with E-state index in [0.717, 1.165) is 17.5 Å². The monoisotopic (exact) mass is 223 g/mol. The Morgan fingerprint density at radius 2 is 2.20 bits per heavy atom. The summed E-state index contributed by atoms with van der Waals surface area (Å²) >= 11 is 0. The normalized spacial score (nSPS) is 12.7. The SMILES string of the molecule is CCC(O[Si])OCc1cccc(C)c1O. The Labute approximate surface area is 93.6 Å². The zero-order valence-corrected chi connectivity index (χ0v) is 9.99. The van der Waals surface area contributed by atoms with Crippen molar-refractivity contribution < 1.29 is 14.3 Å². The molecule has 3 radical (unpaired) electrons. The van der Waals surface area contributed by atoms with E-state index in [4.69, 9.17) is 9.16 Å². The summed E-state index contributed by atoms with van der Waals surface area (Å²) in [7, 11) is 2.94. The minimum atomic E-state index is -0.290. The van der Waals surface area contributed by atoms with Gasteiger partial charge in [-0.2, -0.15) is 0 Å². The van der Waals surface area contributed by atoms with Crippen molar-refractivity contribution in [3.63, 3.8) is 0 Å². The number of phenols is 1. The molecule has 0 aromatic heterocycles. The van der Waals surface area contributed by atoms with Crippen molar-refractivity contribution >= 4 is 10.5 Å². The van der Waals surface area contributed by atoms with E-state index < -0.39 is 0 Å². The standard InChI is InChI=1S/C11H15O3Si/c1-3-10(14-15)13-7-9-6-4-5-8(2)11(9)12/h4-6,10,12H,3,7H2,1-2H3. The van der Waals surface area contributed by atoms with Gasteiger partial charge in [-0.3, -0.25) is 0 Å². The van der Waals surface area contributed by atoms with Crippen LogP contribution in [0, 0.1) is 6.92 Å². The molecular formula is C11H15O3Si. The fourth-order valence-corrected chi connectivity index (χ4v) is 1.49. The Balaban J connectivity index is 2.61. The molecule has 1 N–H and O–H groups in total. The number of hydrogen-bond acceptors (Lipinski definition) is 3. The smallest absolute Gasteiger partial charge is 0.249 e. The quantitative estimate of drug-likeness (QED) is 0.613. The van der Waals surface area contributed by atoms with Crippen LogP contribution in [0.3, 0.4) is 0 Å². The Morgan fingerprint density at radius 3 is 2.80 bits per heavy atom. The van der Waals surface area contributed by atoms with Crippen molar-refractivity contribution in [2.75, 3.05) is 0 Å². The molecule has 1 aromatic carbocycles. The van der Waals surface area contributed by atoms with Crippen LogP contribution in [0.15, 0.2) is 18.2 Å². The highest BCUT2D eigenvalue weighted by Crippen LogP contribution is 2.22. The van der Waals surface area contributed by atoms with Gasteiger partial charge in [-0.1, -0.05) is 25.1 Å². The maximum absolute atomic E-state index is 9.72. The molecule has 0 bridgehead atoms. The summed E-state index contributed by atoms with van der Waals surface area (Å²) in [4.78, 5) is 0. The molecule has 1 rings (SSSR count). The summed E-state index contributed by atoms with van der Waals surface area (Å²) in [6.45, 7) is 4.16. The first kappa shape index (κ1) is 12.2. The Hall–Kier alpha value is -0.843. The molecule has 0 aliphatic heterocycles. The van der Waals surface area contributed by atoms with Crippen LogP contribution in [0.5, 0.6) is 5.75 Å². The summed E-state index contributed by atoms with van der Waals surface area (Å²) in [5.41, 5.74) is 1.63. The summed E-state index contributed by atoms with van der Waals surface area (Å²) in [6.07, 6.45) is 0.456. The average Bonchev–Trinajstić information content (AvgIpc) is 2.25. The molecule has 15 heavy (non-hydrogen) atoms. The second-order valence-corrected chi connectivity index (χ2v) is 3.59. The topological polar surface area (TPSA) is 38.7 Å². The number of benzene rings is 1. The lowest BCUT2D eigenvalue weighted by atomic mass is 10.1. The summed E-state index contributed by atoms with van der Waals surface area (Å²) in [6, 6.07) is 5.59. The van der Waals surface area contributed by atoms with E-state index in [9.17, 15) is 5.11 Å². The van der Waals surface area contributed by atoms with Gasteiger partial charge in [0.1, 0.15) is 12.0 Å². The van der Waals surface area contributed by atoms with Gasteiger partial charge in [0.25, 0.3) is 0 Å². The average molecular weight is 223 g/mol. The lowest BCUT2D eigenvalue weighted by molar-refractivity contribution is -0.0876. The first-order valence-electron chi connectivity index (χ1n) is 4.90. The van der Waals surface area contributed by atoms with Crippen molar-refractivity contribution in [1.29, 1.82) is 0 Å². The highest BCUT2D eigenvalue weighted by atomic mass is 28.2. The summed E-state index contributed by atoms with van der Waals surface area (Å²) < 4.78 is 10.3. The van der Waals surface area contributed by atoms with Gasteiger partial charge in [-0.25, -0.2) is 0 Å². The lowest BCUT2D eigenvalue weighted by Gasteiger charge is -2.15. The molecule has 0 aliphatic rings. The maximum atomic E-state index is 9.72. The molecule has 0 spiro atoms. The fourth-order valence-electron chi connectivity index (χ4n) is 1.25. The molecule has 0 heterocycles. The van der Waals surface area contributed by atoms with Gasteiger partial charge in [-0.15, -0.1) is 0 Å². The van der Waals surface area contributed by atoms with Gasteiger partial charge in [-0.05, 0) is 18.9 Å². The molecule has 4 heteroatoms. The second-order valence-electron chi connectivity index (χ2n) is 3.35. The Kier molecular flexibility index (Phi) is 4.81. The molecule has 0 fully saturated rings. The van der Waals surface area contributed by atoms with E-state index in [1.54, 1.807) is 0 Å². The van der Waals surface area contributed by atoms with Gasteiger partial charge < -0.3 is 14.3 Å². The molecular weight excluding hydrogens is 208 g/mol. The molecule has 0 amide bonds. The van der Waals surface area contributed by atoms with Crippen LogP contribution < -0.4 is 0 Å². The van der Waals surface area contributed by atoms with E-state index in [-0.39, 0.29) is 6.29 Å². The van der Waals surface area contributed by atoms with Crippen LogP contribution in [0.1, 0.15) is 24.5 Å². The van der Waals surface area contributed by atoms with E-state index in [1.165, 1.54) is 0 Å². The number of phenolic OH excluding ortho intramolecular Hbond substituents is 1. The van der Waals surface area contributed by atoms with Crippen molar-refractivity contribution in [3.05, 3.63) is 29.3 Å². The van der Waals surface area contributed by atoms with Gasteiger partial charge in [0.05, 0.1) is 6.61 Å². The third-order valence-electron chi connectivity index (χ3n) is 2.21. The lowest BCUT2D eigenvalue weighted by Crippen LogP contribution is -2.14. The van der Waals surface area contributed by atoms with Gasteiger partial charge in [0.15, 0.2) is 0 Å². The zero-order valence-electron chi connectivity index (χ0n) is 8.99. The molecule has 81 valence electrons. The van der Waals surface area contributed by atoms with Crippen LogP contribution in [0.25, 0.3) is 0 Å². The van der Waals surface area contributed by atoms with E-state index in [2.05, 4.69) is 10.5 Å². The van der Waals surface area contributed by atoms with Crippen LogP contribution in [0.2, 0.25) is 0 Å². The summed E-state index contributed by atoms with van der Waals surface area (Å²) in [5.74, 6) is 0.293. The van der Waals surface area contributed by atoms with Crippen LogP contribution in [0.4, 0.5) is 0 Å². The highest BCUT2D eigenvalue weighted by molar-refractivity contribution is 5.98. The molecule has 0 saturated heterocycles. The maximum Gasteiger partial charge on any atom is 0.249 e. The van der Waals surface area contributed by atoms with Crippen LogP contribution >= 0.6 is 0 Å². The molecule has 3 nitrogen and oxygen atoms in total. The van der Waals surface area contributed by atoms with Crippen molar-refractivity contribution in [1.82, 2.24) is 0 Å². The number of ether oxygens (including phenoxy) is 1. The van der Waals surface area contributed by atoms with Gasteiger partial charge >= 0.3 is 0 Å². The second kappa shape index (κ2) is 5.90. The largest absolute Gasteiger partial charge is 0.507 e. The molecule has 1 aromatic rings. The zero-order chi connectivity index (χ0) is 11.3. The van der Waals surface area contributed by atoms with Crippen LogP contribution in [-0.2, 0) is 15.8 Å². The number of aryl methyl sites for hydroxylation is 1. The van der Waals surface area contributed by atoms with Crippen molar-refractivity contribution in [3.8, 4) is 5.75 Å². The fraction of sp³-hybridized carbons (Fsp3) is 0.455. The van der Waals surface area contributed by atoms with E-state index in [1.807, 2.05) is 32.0 Å². The number of hydrogen-bond donors (Lipinski definition) is 1. The Bertz CT molecular complexity index is 311. The highest BCUT2D eigenvalue weighted by Gasteiger charge is 2.07. The van der Waals surface area contributed by atoms with E-state index >= 15 is 0 Å². The molecule has 0 aliphatic carbocycles. The third-order valence-corrected chi connectivity index (χ3v) is 2.47. The predicted molar refractivity (Wildman–Crippen MR) is 58.6 cm³/mol. The van der Waals surface area contributed by atoms with Gasteiger partial charge in [0.2, 0.25) is 10.5 Å². The summed E-state index contributed by atoms with van der Waals surface area (Å²) in [5, 5.41) is 9.72. The minimum absolute atomic E-state index is 0.290. The minimum Gasteiger partial charge on any atom is -0.507 e. The van der Waals surface area contributed by atoms with Crippen LogP contribution in [-0.4, -0.2) is 21.9 Å². The number of aromatic hydroxyl groups is 1. The third kappa shape index (κ3) is 3.34. The number of rotatable bonds is 5. The first-order chi connectivity index (χ1) is 7.19. The number of para-hydroxylation sites is 1. The first-order valence-corrected chi connectivity index (χ1v) is 5.31.